The minimum absolute atomic E-state index is 0.339. The van der Waals surface area contributed by atoms with Gasteiger partial charge < -0.3 is 5.32 Å². The van der Waals surface area contributed by atoms with Crippen molar-refractivity contribution in [2.45, 2.75) is 76.4 Å². The molecule has 1 saturated carbocycles. The molecule has 0 radical (unpaired) electrons. The van der Waals surface area contributed by atoms with Crippen LogP contribution in [0.3, 0.4) is 0 Å². The van der Waals surface area contributed by atoms with Gasteiger partial charge in [-0.2, -0.15) is 0 Å². The minimum atomic E-state index is 0.339. The SMILES string of the molecule is C#CC(CCC)N1CC2(CCCCC2)NCC1C. The summed E-state index contributed by atoms with van der Waals surface area (Å²) in [6.07, 6.45) is 14.9. The lowest BCUT2D eigenvalue weighted by Crippen LogP contribution is -2.65. The van der Waals surface area contributed by atoms with Crippen molar-refractivity contribution in [2.24, 2.45) is 0 Å². The summed E-state index contributed by atoms with van der Waals surface area (Å²) in [5, 5.41) is 3.83. The molecule has 0 aromatic carbocycles. The Morgan fingerprint density at radius 2 is 2.11 bits per heavy atom. The van der Waals surface area contributed by atoms with Gasteiger partial charge in [-0.1, -0.05) is 38.5 Å². The topological polar surface area (TPSA) is 15.3 Å². The third-order valence-electron chi connectivity index (χ3n) is 4.79. The van der Waals surface area contributed by atoms with E-state index in [0.29, 0.717) is 17.6 Å². The Labute approximate surface area is 113 Å². The molecule has 0 amide bonds. The molecule has 1 saturated heterocycles. The molecule has 0 aromatic rings. The van der Waals surface area contributed by atoms with Gasteiger partial charge in [-0.05, 0) is 26.2 Å². The maximum absolute atomic E-state index is 5.76. The van der Waals surface area contributed by atoms with Gasteiger partial charge in [-0.3, -0.25) is 4.90 Å². The summed E-state index contributed by atoms with van der Waals surface area (Å²) >= 11 is 0. The van der Waals surface area contributed by atoms with Crippen LogP contribution in [0.4, 0.5) is 0 Å². The van der Waals surface area contributed by atoms with Gasteiger partial charge in [0.2, 0.25) is 0 Å². The summed E-state index contributed by atoms with van der Waals surface area (Å²) < 4.78 is 0. The molecule has 1 N–H and O–H groups in total. The number of nitrogens with zero attached hydrogens (tertiary/aromatic N) is 1. The van der Waals surface area contributed by atoms with Crippen LogP contribution in [0.15, 0.2) is 0 Å². The highest BCUT2D eigenvalue weighted by atomic mass is 15.3. The van der Waals surface area contributed by atoms with Crippen molar-refractivity contribution >= 4 is 0 Å². The van der Waals surface area contributed by atoms with E-state index in [1.807, 2.05) is 0 Å². The molecule has 0 aromatic heterocycles. The zero-order valence-electron chi connectivity index (χ0n) is 12.0. The molecule has 1 aliphatic carbocycles. The molecule has 2 rings (SSSR count). The molecular formula is C16H28N2. The number of hydrogen-bond acceptors (Lipinski definition) is 2. The first kappa shape index (κ1) is 13.9. The summed E-state index contributed by atoms with van der Waals surface area (Å²) in [5.41, 5.74) is 0.369. The van der Waals surface area contributed by atoms with Crippen molar-refractivity contribution in [1.82, 2.24) is 10.2 Å². The standard InChI is InChI=1S/C16H28N2/c1-4-9-15(5-2)18-13-16(17-12-14(18)3)10-7-6-8-11-16/h2,14-15,17H,4,6-13H2,1,3H3. The molecule has 2 aliphatic rings. The van der Waals surface area contributed by atoms with Crippen LogP contribution in [-0.4, -0.2) is 35.6 Å². The van der Waals surface area contributed by atoms with E-state index in [4.69, 9.17) is 6.42 Å². The van der Waals surface area contributed by atoms with Crippen LogP contribution in [0, 0.1) is 12.3 Å². The molecular weight excluding hydrogens is 220 g/mol. The number of hydrogen-bond donors (Lipinski definition) is 1. The lowest BCUT2D eigenvalue weighted by Gasteiger charge is -2.50. The van der Waals surface area contributed by atoms with Crippen molar-refractivity contribution < 1.29 is 0 Å². The second-order valence-electron chi connectivity index (χ2n) is 6.21. The van der Waals surface area contributed by atoms with Crippen LogP contribution in [0.1, 0.15) is 58.8 Å². The maximum Gasteiger partial charge on any atom is 0.0715 e. The van der Waals surface area contributed by atoms with E-state index >= 15 is 0 Å². The molecule has 1 heterocycles. The molecule has 1 aliphatic heterocycles. The molecule has 2 atom stereocenters. The minimum Gasteiger partial charge on any atom is -0.308 e. The molecule has 2 fully saturated rings. The lowest BCUT2D eigenvalue weighted by atomic mass is 9.79. The van der Waals surface area contributed by atoms with Crippen molar-refractivity contribution in [2.75, 3.05) is 13.1 Å². The summed E-state index contributed by atoms with van der Waals surface area (Å²) in [6, 6.07) is 0.913. The van der Waals surface area contributed by atoms with Crippen LogP contribution in [0.2, 0.25) is 0 Å². The summed E-state index contributed by atoms with van der Waals surface area (Å²) in [4.78, 5) is 2.59. The van der Waals surface area contributed by atoms with Crippen molar-refractivity contribution in [3.63, 3.8) is 0 Å². The Bertz CT molecular complexity index is 299. The second-order valence-corrected chi connectivity index (χ2v) is 6.21. The summed E-state index contributed by atoms with van der Waals surface area (Å²) in [5.74, 6) is 3.02. The molecule has 18 heavy (non-hydrogen) atoms. The van der Waals surface area contributed by atoms with Gasteiger partial charge in [-0.15, -0.1) is 6.42 Å². The highest BCUT2D eigenvalue weighted by molar-refractivity contribution is 5.07. The molecule has 102 valence electrons. The number of piperazine rings is 1. The van der Waals surface area contributed by atoms with E-state index in [-0.39, 0.29) is 0 Å². The largest absolute Gasteiger partial charge is 0.308 e. The molecule has 2 unspecified atom stereocenters. The van der Waals surface area contributed by atoms with E-state index in [2.05, 4.69) is 30.0 Å². The Morgan fingerprint density at radius 3 is 2.72 bits per heavy atom. The Morgan fingerprint density at radius 1 is 1.39 bits per heavy atom. The average molecular weight is 248 g/mol. The van der Waals surface area contributed by atoms with Crippen LogP contribution in [-0.2, 0) is 0 Å². The summed E-state index contributed by atoms with van der Waals surface area (Å²) in [6.45, 7) is 6.79. The second kappa shape index (κ2) is 6.08. The average Bonchev–Trinajstić information content (AvgIpc) is 2.40. The lowest BCUT2D eigenvalue weighted by molar-refractivity contribution is 0.0443. The van der Waals surface area contributed by atoms with Gasteiger partial charge in [0.25, 0.3) is 0 Å². The third-order valence-corrected chi connectivity index (χ3v) is 4.79. The Kier molecular flexibility index (Phi) is 4.70. The van der Waals surface area contributed by atoms with Gasteiger partial charge in [0.1, 0.15) is 0 Å². The zero-order chi connectivity index (χ0) is 13.0. The monoisotopic (exact) mass is 248 g/mol. The van der Waals surface area contributed by atoms with E-state index in [1.165, 1.54) is 38.5 Å². The highest BCUT2D eigenvalue weighted by Crippen LogP contribution is 2.32. The third kappa shape index (κ3) is 2.90. The van der Waals surface area contributed by atoms with E-state index in [9.17, 15) is 0 Å². The Hall–Kier alpha value is -0.520. The highest BCUT2D eigenvalue weighted by Gasteiger charge is 2.40. The van der Waals surface area contributed by atoms with Crippen LogP contribution in [0.5, 0.6) is 0 Å². The fraction of sp³-hybridized carbons (Fsp3) is 0.875. The van der Waals surface area contributed by atoms with Crippen LogP contribution < -0.4 is 5.32 Å². The maximum atomic E-state index is 5.76. The van der Waals surface area contributed by atoms with Crippen molar-refractivity contribution in [3.8, 4) is 12.3 Å². The normalized spacial score (nSPS) is 29.9. The Balaban J connectivity index is 2.06. The van der Waals surface area contributed by atoms with Gasteiger partial charge in [0.15, 0.2) is 0 Å². The molecule has 2 heteroatoms. The first-order chi connectivity index (χ1) is 8.71. The number of nitrogens with one attached hydrogen (secondary N) is 1. The molecule has 2 nitrogen and oxygen atoms in total. The van der Waals surface area contributed by atoms with Gasteiger partial charge in [0.05, 0.1) is 6.04 Å². The van der Waals surface area contributed by atoms with E-state index in [1.54, 1.807) is 0 Å². The molecule has 1 spiro atoms. The predicted octanol–water partition coefficient (Wildman–Crippen LogP) is 2.78. The zero-order valence-corrected chi connectivity index (χ0v) is 12.0. The number of terminal acetylenes is 1. The van der Waals surface area contributed by atoms with Gasteiger partial charge in [-0.25, -0.2) is 0 Å². The van der Waals surface area contributed by atoms with Gasteiger partial charge in [0, 0.05) is 24.7 Å². The van der Waals surface area contributed by atoms with E-state index < -0.39 is 0 Å². The van der Waals surface area contributed by atoms with Crippen LogP contribution in [0.25, 0.3) is 0 Å². The fourth-order valence-corrected chi connectivity index (χ4v) is 3.64. The molecule has 0 bridgehead atoms. The van der Waals surface area contributed by atoms with Crippen molar-refractivity contribution in [3.05, 3.63) is 0 Å². The van der Waals surface area contributed by atoms with Gasteiger partial charge >= 0.3 is 0 Å². The van der Waals surface area contributed by atoms with Crippen LogP contribution >= 0.6 is 0 Å². The first-order valence-electron chi connectivity index (χ1n) is 7.68. The summed E-state index contributed by atoms with van der Waals surface area (Å²) in [7, 11) is 0. The van der Waals surface area contributed by atoms with Crippen molar-refractivity contribution in [1.29, 1.82) is 0 Å². The predicted molar refractivity (Wildman–Crippen MR) is 77.5 cm³/mol. The first-order valence-corrected chi connectivity index (χ1v) is 7.68. The quantitative estimate of drug-likeness (QED) is 0.773. The van der Waals surface area contributed by atoms with E-state index in [0.717, 1.165) is 19.5 Å². The fourth-order valence-electron chi connectivity index (χ4n) is 3.64. The smallest absolute Gasteiger partial charge is 0.0715 e. The number of rotatable bonds is 3.